The van der Waals surface area contributed by atoms with Crippen molar-refractivity contribution in [3.8, 4) is 11.4 Å². The van der Waals surface area contributed by atoms with Gasteiger partial charge in [0.2, 0.25) is 5.91 Å². The van der Waals surface area contributed by atoms with Crippen molar-refractivity contribution in [3.05, 3.63) is 37.2 Å². The Bertz CT molecular complexity index is 927. The molecule has 0 N–H and O–H groups in total. The third-order valence-electron chi connectivity index (χ3n) is 4.44. The number of allylic oxidation sites excluding steroid dienone is 1. The van der Waals surface area contributed by atoms with Gasteiger partial charge in [-0.2, -0.15) is 0 Å². The van der Waals surface area contributed by atoms with Crippen LogP contribution in [-0.2, 0) is 21.2 Å². The lowest BCUT2D eigenvalue weighted by Crippen LogP contribution is -2.38. The second-order valence-electron chi connectivity index (χ2n) is 6.29. The first-order valence-electron chi connectivity index (χ1n) is 8.44. The minimum absolute atomic E-state index is 0.0404. The number of thioether (sulfide) groups is 1. The third kappa shape index (κ3) is 4.56. The maximum Gasteiger partial charge on any atom is 0.233 e. The summed E-state index contributed by atoms with van der Waals surface area (Å²) in [6.45, 7) is 4.28. The van der Waals surface area contributed by atoms with Crippen molar-refractivity contribution >= 4 is 27.5 Å². The molecule has 0 unspecified atom stereocenters. The van der Waals surface area contributed by atoms with Gasteiger partial charge in [0.05, 0.1) is 17.3 Å². The van der Waals surface area contributed by atoms with E-state index in [-0.39, 0.29) is 29.2 Å². The van der Waals surface area contributed by atoms with Gasteiger partial charge in [-0.15, -0.1) is 16.8 Å². The summed E-state index contributed by atoms with van der Waals surface area (Å²) in [5.74, 6) is 0.909. The number of hydrogen-bond acceptors (Lipinski definition) is 7. The molecular weight excluding hydrogens is 386 g/mol. The van der Waals surface area contributed by atoms with E-state index in [1.54, 1.807) is 25.5 Å². The van der Waals surface area contributed by atoms with E-state index >= 15 is 0 Å². The Kier molecular flexibility index (Phi) is 5.95. The fraction of sp³-hybridized carbons (Fsp3) is 0.412. The molecule has 2 aromatic heterocycles. The summed E-state index contributed by atoms with van der Waals surface area (Å²) in [6.07, 6.45) is 5.61. The molecule has 144 valence electrons. The van der Waals surface area contributed by atoms with Crippen molar-refractivity contribution in [2.24, 2.45) is 0 Å². The lowest BCUT2D eigenvalue weighted by Gasteiger charge is -2.23. The number of aromatic nitrogens is 4. The quantitative estimate of drug-likeness (QED) is 0.503. The normalized spacial score (nSPS) is 18.3. The largest absolute Gasteiger partial charge is 0.341 e. The van der Waals surface area contributed by atoms with Crippen LogP contribution in [0.2, 0.25) is 0 Å². The van der Waals surface area contributed by atoms with E-state index in [1.807, 2.05) is 16.7 Å². The molecule has 1 fully saturated rings. The molecule has 0 aliphatic carbocycles. The van der Waals surface area contributed by atoms with E-state index in [2.05, 4.69) is 21.8 Å². The second-order valence-corrected chi connectivity index (χ2v) is 9.46. The van der Waals surface area contributed by atoms with E-state index in [0.29, 0.717) is 23.9 Å². The summed E-state index contributed by atoms with van der Waals surface area (Å²) in [7, 11) is -1.37. The molecule has 1 saturated heterocycles. The minimum Gasteiger partial charge on any atom is -0.341 e. The number of rotatable bonds is 7. The van der Waals surface area contributed by atoms with Gasteiger partial charge in [0, 0.05) is 37.6 Å². The Morgan fingerprint density at radius 1 is 1.41 bits per heavy atom. The first-order valence-corrected chi connectivity index (χ1v) is 11.3. The van der Waals surface area contributed by atoms with Gasteiger partial charge in [-0.1, -0.05) is 17.8 Å². The van der Waals surface area contributed by atoms with E-state index in [4.69, 9.17) is 0 Å². The SMILES string of the molecule is C=CCn1c(SCC(=O)N(C)[C@H]2CCS(=O)(=O)C2)nnc1-c1ccncc1. The molecule has 0 spiro atoms. The highest BCUT2D eigenvalue weighted by Crippen LogP contribution is 2.24. The van der Waals surface area contributed by atoms with Crippen LogP contribution in [0.5, 0.6) is 0 Å². The van der Waals surface area contributed by atoms with E-state index in [1.165, 1.54) is 16.7 Å². The average molecular weight is 408 g/mol. The Hall–Kier alpha value is -2.20. The van der Waals surface area contributed by atoms with Crippen LogP contribution in [0.25, 0.3) is 11.4 Å². The molecule has 3 rings (SSSR count). The average Bonchev–Trinajstić information content (AvgIpc) is 3.23. The van der Waals surface area contributed by atoms with Gasteiger partial charge in [0.15, 0.2) is 20.8 Å². The maximum absolute atomic E-state index is 12.5. The molecule has 8 nitrogen and oxygen atoms in total. The van der Waals surface area contributed by atoms with Gasteiger partial charge in [-0.05, 0) is 18.6 Å². The standard InChI is InChI=1S/C17H21N5O3S2/c1-3-9-22-16(13-4-7-18-8-5-13)19-20-17(22)26-11-15(23)21(2)14-6-10-27(24,25)12-14/h3-5,7-8,14H,1,6,9-12H2,2H3/t14-/m0/s1. The molecule has 27 heavy (non-hydrogen) atoms. The Morgan fingerprint density at radius 3 is 2.78 bits per heavy atom. The summed E-state index contributed by atoms with van der Waals surface area (Å²) in [5.41, 5.74) is 0.880. The molecule has 1 atom stereocenters. The first kappa shape index (κ1) is 19.6. The van der Waals surface area contributed by atoms with Crippen molar-refractivity contribution in [2.75, 3.05) is 24.3 Å². The zero-order valence-corrected chi connectivity index (χ0v) is 16.6. The predicted octanol–water partition coefficient (Wildman–Crippen LogP) is 1.26. The van der Waals surface area contributed by atoms with Crippen LogP contribution in [0.15, 0.2) is 42.3 Å². The van der Waals surface area contributed by atoms with E-state index < -0.39 is 9.84 Å². The number of pyridine rings is 1. The van der Waals surface area contributed by atoms with Gasteiger partial charge in [0.25, 0.3) is 0 Å². The van der Waals surface area contributed by atoms with Crippen LogP contribution in [0.4, 0.5) is 0 Å². The number of nitrogens with zero attached hydrogens (tertiary/aromatic N) is 5. The Morgan fingerprint density at radius 2 is 2.15 bits per heavy atom. The van der Waals surface area contributed by atoms with Crippen LogP contribution in [-0.4, -0.2) is 69.3 Å². The highest BCUT2D eigenvalue weighted by atomic mass is 32.2. The molecule has 0 aromatic carbocycles. The monoisotopic (exact) mass is 407 g/mol. The predicted molar refractivity (Wildman–Crippen MR) is 104 cm³/mol. The van der Waals surface area contributed by atoms with Crippen LogP contribution in [0.1, 0.15) is 6.42 Å². The topological polar surface area (TPSA) is 98.1 Å². The molecule has 1 aliphatic rings. The summed E-state index contributed by atoms with van der Waals surface area (Å²) in [5, 5.41) is 9.05. The molecule has 0 saturated carbocycles. The molecule has 0 radical (unpaired) electrons. The maximum atomic E-state index is 12.5. The third-order valence-corrected chi connectivity index (χ3v) is 7.14. The van der Waals surface area contributed by atoms with Gasteiger partial charge in [-0.25, -0.2) is 8.42 Å². The van der Waals surface area contributed by atoms with E-state index in [0.717, 1.165) is 5.56 Å². The Balaban J connectivity index is 1.70. The van der Waals surface area contributed by atoms with Crippen LogP contribution in [0.3, 0.4) is 0 Å². The number of hydrogen-bond donors (Lipinski definition) is 0. The van der Waals surface area contributed by atoms with Crippen molar-refractivity contribution in [1.82, 2.24) is 24.6 Å². The van der Waals surface area contributed by atoms with Crippen molar-refractivity contribution in [1.29, 1.82) is 0 Å². The fourth-order valence-corrected chi connectivity index (χ4v) is 5.56. The van der Waals surface area contributed by atoms with Gasteiger partial charge in [-0.3, -0.25) is 14.3 Å². The van der Waals surface area contributed by atoms with E-state index in [9.17, 15) is 13.2 Å². The van der Waals surface area contributed by atoms with Crippen LogP contribution in [0, 0.1) is 0 Å². The zero-order valence-electron chi connectivity index (χ0n) is 15.0. The molecule has 2 aromatic rings. The van der Waals surface area contributed by atoms with Crippen LogP contribution >= 0.6 is 11.8 Å². The molecule has 1 amide bonds. The first-order chi connectivity index (χ1) is 12.9. The Labute approximate surface area is 162 Å². The van der Waals surface area contributed by atoms with Gasteiger partial charge >= 0.3 is 0 Å². The summed E-state index contributed by atoms with van der Waals surface area (Å²) in [6, 6.07) is 3.44. The fourth-order valence-electron chi connectivity index (χ4n) is 2.92. The number of carbonyl (C=O) groups excluding carboxylic acids is 1. The highest BCUT2D eigenvalue weighted by molar-refractivity contribution is 7.99. The number of amides is 1. The summed E-state index contributed by atoms with van der Waals surface area (Å²) < 4.78 is 25.1. The molecular formula is C17H21N5O3S2. The van der Waals surface area contributed by atoms with Crippen molar-refractivity contribution in [3.63, 3.8) is 0 Å². The molecule has 3 heterocycles. The highest BCUT2D eigenvalue weighted by Gasteiger charge is 2.32. The lowest BCUT2D eigenvalue weighted by molar-refractivity contribution is -0.128. The lowest BCUT2D eigenvalue weighted by atomic mass is 10.2. The van der Waals surface area contributed by atoms with Gasteiger partial charge in [0.1, 0.15) is 0 Å². The summed E-state index contributed by atoms with van der Waals surface area (Å²) >= 11 is 1.28. The molecule has 0 bridgehead atoms. The molecule has 10 heteroatoms. The molecule has 1 aliphatic heterocycles. The number of sulfone groups is 1. The van der Waals surface area contributed by atoms with Crippen molar-refractivity contribution < 1.29 is 13.2 Å². The zero-order chi connectivity index (χ0) is 19.4. The smallest absolute Gasteiger partial charge is 0.233 e. The van der Waals surface area contributed by atoms with Gasteiger partial charge < -0.3 is 4.90 Å². The van der Waals surface area contributed by atoms with Crippen molar-refractivity contribution in [2.45, 2.75) is 24.2 Å². The number of carbonyl (C=O) groups is 1. The second kappa shape index (κ2) is 8.22. The summed E-state index contributed by atoms with van der Waals surface area (Å²) in [4.78, 5) is 18.0. The minimum atomic E-state index is -3.03. The van der Waals surface area contributed by atoms with Crippen LogP contribution < -0.4 is 0 Å².